The minimum absolute atomic E-state index is 0.163. The number of nitrogens with one attached hydrogen (secondary N) is 1. The predicted molar refractivity (Wildman–Crippen MR) is 112 cm³/mol. The van der Waals surface area contributed by atoms with Gasteiger partial charge < -0.3 is 5.32 Å². The predicted octanol–water partition coefficient (Wildman–Crippen LogP) is 3.92. The van der Waals surface area contributed by atoms with Crippen molar-refractivity contribution in [1.29, 1.82) is 0 Å². The van der Waals surface area contributed by atoms with Gasteiger partial charge in [-0.15, -0.1) is 0 Å². The fourth-order valence-electron chi connectivity index (χ4n) is 3.78. The van der Waals surface area contributed by atoms with E-state index in [0.717, 1.165) is 17.0 Å². The van der Waals surface area contributed by atoms with E-state index in [0.29, 0.717) is 11.3 Å². The Balaban J connectivity index is 1.56. The van der Waals surface area contributed by atoms with Crippen LogP contribution in [0.1, 0.15) is 60.9 Å². The van der Waals surface area contributed by atoms with Crippen molar-refractivity contribution in [2.75, 3.05) is 7.05 Å². The van der Waals surface area contributed by atoms with Gasteiger partial charge in [0.1, 0.15) is 0 Å². The summed E-state index contributed by atoms with van der Waals surface area (Å²) in [5.41, 5.74) is 1.26. The number of aromatic nitrogens is 2. The lowest BCUT2D eigenvalue weighted by Gasteiger charge is -2.15. The molecule has 0 spiro atoms. The van der Waals surface area contributed by atoms with Gasteiger partial charge in [0.05, 0.1) is 34.6 Å². The van der Waals surface area contributed by atoms with Crippen LogP contribution in [0.15, 0.2) is 48.7 Å². The summed E-state index contributed by atoms with van der Waals surface area (Å²) in [6.07, 6.45) is -2.99. The van der Waals surface area contributed by atoms with Gasteiger partial charge in [0, 0.05) is 23.9 Å². The number of fused-ring (bicyclic) bond motifs is 1. The third kappa shape index (κ3) is 3.88. The number of carbonyl (C=O) groups is 3. The number of imide groups is 1. The lowest BCUT2D eigenvalue weighted by molar-refractivity contribution is -0.137. The third-order valence-corrected chi connectivity index (χ3v) is 5.63. The van der Waals surface area contributed by atoms with E-state index in [-0.39, 0.29) is 22.4 Å². The standard InChI is InChI=1S/C23H19F3N4O3/c1-12(28-20(31)14-7-8-17-18(9-14)22(33)29(3)21(17)32)19-11-27-30(13(19)2)16-6-4-5-15(10-16)23(24,25)26/h4-12H,1-3H3,(H,28,31)/t12-/m1/s1. The average Bonchev–Trinajstić information content (AvgIpc) is 3.26. The molecule has 1 atom stereocenters. The largest absolute Gasteiger partial charge is 0.416 e. The van der Waals surface area contributed by atoms with Crippen molar-refractivity contribution < 1.29 is 27.6 Å². The molecular weight excluding hydrogens is 437 g/mol. The van der Waals surface area contributed by atoms with Gasteiger partial charge in [0.25, 0.3) is 17.7 Å². The molecule has 7 nitrogen and oxygen atoms in total. The highest BCUT2D eigenvalue weighted by molar-refractivity contribution is 6.21. The molecule has 0 bridgehead atoms. The summed E-state index contributed by atoms with van der Waals surface area (Å²) in [6, 6.07) is 8.57. The quantitative estimate of drug-likeness (QED) is 0.604. The number of hydrogen-bond donors (Lipinski definition) is 1. The van der Waals surface area contributed by atoms with Gasteiger partial charge in [-0.1, -0.05) is 6.07 Å². The first-order chi connectivity index (χ1) is 15.5. The molecular formula is C23H19F3N4O3. The van der Waals surface area contributed by atoms with Crippen molar-refractivity contribution >= 4 is 17.7 Å². The van der Waals surface area contributed by atoms with Gasteiger partial charge in [0.15, 0.2) is 0 Å². The van der Waals surface area contributed by atoms with Crippen LogP contribution in [0.5, 0.6) is 0 Å². The molecule has 4 rings (SSSR count). The molecule has 1 N–H and O–H groups in total. The molecule has 170 valence electrons. The Morgan fingerprint density at radius 3 is 2.45 bits per heavy atom. The van der Waals surface area contributed by atoms with Gasteiger partial charge in [-0.2, -0.15) is 18.3 Å². The number of nitrogens with zero attached hydrogens (tertiary/aromatic N) is 3. The van der Waals surface area contributed by atoms with E-state index in [4.69, 9.17) is 0 Å². The molecule has 10 heteroatoms. The smallest absolute Gasteiger partial charge is 0.345 e. The maximum absolute atomic E-state index is 13.1. The Hall–Kier alpha value is -3.95. The van der Waals surface area contributed by atoms with Crippen LogP contribution in [-0.4, -0.2) is 39.4 Å². The number of amides is 3. The van der Waals surface area contributed by atoms with Crippen LogP contribution in [0.3, 0.4) is 0 Å². The Kier molecular flexibility index (Phi) is 5.31. The van der Waals surface area contributed by atoms with Crippen molar-refractivity contribution in [3.63, 3.8) is 0 Å². The molecule has 1 aliphatic rings. The van der Waals surface area contributed by atoms with Gasteiger partial charge in [-0.05, 0) is 50.2 Å². The number of carbonyl (C=O) groups excluding carboxylic acids is 3. The van der Waals surface area contributed by atoms with Gasteiger partial charge in [-0.3, -0.25) is 19.3 Å². The van der Waals surface area contributed by atoms with Gasteiger partial charge in [0.2, 0.25) is 0 Å². The molecule has 3 amide bonds. The van der Waals surface area contributed by atoms with Crippen molar-refractivity contribution in [3.8, 4) is 5.69 Å². The molecule has 0 unspecified atom stereocenters. The summed E-state index contributed by atoms with van der Waals surface area (Å²) >= 11 is 0. The van der Waals surface area contributed by atoms with Gasteiger partial charge in [-0.25, -0.2) is 4.68 Å². The highest BCUT2D eigenvalue weighted by Crippen LogP contribution is 2.31. The van der Waals surface area contributed by atoms with Crippen molar-refractivity contribution in [2.24, 2.45) is 0 Å². The fraction of sp³-hybridized carbons (Fsp3) is 0.217. The average molecular weight is 456 g/mol. The maximum Gasteiger partial charge on any atom is 0.416 e. The first-order valence-corrected chi connectivity index (χ1v) is 9.98. The Labute approximate surface area is 186 Å². The molecule has 0 aliphatic carbocycles. The summed E-state index contributed by atoms with van der Waals surface area (Å²) in [5.74, 6) is -1.37. The van der Waals surface area contributed by atoms with Crippen molar-refractivity contribution in [3.05, 3.63) is 82.2 Å². The third-order valence-electron chi connectivity index (χ3n) is 5.63. The molecule has 3 aromatic rings. The lowest BCUT2D eigenvalue weighted by Crippen LogP contribution is -2.27. The SMILES string of the molecule is Cc1c([C@@H](C)NC(=O)c2ccc3c(c2)C(=O)N(C)C3=O)cnn1-c1cccc(C(F)(F)F)c1. The number of benzene rings is 2. The number of rotatable bonds is 4. The van der Waals surface area contributed by atoms with E-state index < -0.39 is 35.5 Å². The normalized spacial score (nSPS) is 14.4. The Morgan fingerprint density at radius 1 is 1.06 bits per heavy atom. The van der Waals surface area contributed by atoms with E-state index in [1.165, 1.54) is 48.3 Å². The number of halogens is 3. The van der Waals surface area contributed by atoms with Crippen LogP contribution in [0.4, 0.5) is 13.2 Å². The Morgan fingerprint density at radius 2 is 1.76 bits per heavy atom. The topological polar surface area (TPSA) is 84.3 Å². The van der Waals surface area contributed by atoms with Crippen LogP contribution in [0.2, 0.25) is 0 Å². The van der Waals surface area contributed by atoms with Crippen molar-refractivity contribution in [1.82, 2.24) is 20.0 Å². The molecule has 1 aromatic heterocycles. The van der Waals surface area contributed by atoms with Crippen LogP contribution in [-0.2, 0) is 6.18 Å². The Bertz CT molecular complexity index is 1300. The summed E-state index contributed by atoms with van der Waals surface area (Å²) in [6.45, 7) is 3.41. The van der Waals surface area contributed by atoms with Crippen molar-refractivity contribution in [2.45, 2.75) is 26.1 Å². The number of hydrogen-bond acceptors (Lipinski definition) is 4. The zero-order chi connectivity index (χ0) is 24.1. The maximum atomic E-state index is 13.1. The second-order valence-electron chi connectivity index (χ2n) is 7.77. The first kappa shape index (κ1) is 22.3. The van der Waals surface area contributed by atoms with Crippen LogP contribution < -0.4 is 5.32 Å². The van der Waals surface area contributed by atoms with Crippen LogP contribution in [0, 0.1) is 6.92 Å². The highest BCUT2D eigenvalue weighted by Gasteiger charge is 2.33. The molecule has 0 fully saturated rings. The van der Waals surface area contributed by atoms with E-state index >= 15 is 0 Å². The molecule has 0 saturated heterocycles. The first-order valence-electron chi connectivity index (χ1n) is 9.98. The molecule has 2 aromatic carbocycles. The fourth-order valence-corrected chi connectivity index (χ4v) is 3.78. The summed E-state index contributed by atoms with van der Waals surface area (Å²) < 4.78 is 40.5. The highest BCUT2D eigenvalue weighted by atomic mass is 19.4. The van der Waals surface area contributed by atoms with E-state index in [9.17, 15) is 27.6 Å². The number of alkyl halides is 3. The van der Waals surface area contributed by atoms with E-state index in [2.05, 4.69) is 10.4 Å². The molecule has 1 aliphatic heterocycles. The van der Waals surface area contributed by atoms with Gasteiger partial charge >= 0.3 is 6.18 Å². The second-order valence-corrected chi connectivity index (χ2v) is 7.77. The van der Waals surface area contributed by atoms with Crippen LogP contribution in [0.25, 0.3) is 5.69 Å². The zero-order valence-corrected chi connectivity index (χ0v) is 17.9. The molecule has 0 radical (unpaired) electrons. The molecule has 0 saturated carbocycles. The lowest BCUT2D eigenvalue weighted by atomic mass is 10.0. The molecule has 2 heterocycles. The monoisotopic (exact) mass is 456 g/mol. The summed E-state index contributed by atoms with van der Waals surface area (Å²) in [4.78, 5) is 38.0. The zero-order valence-electron chi connectivity index (χ0n) is 17.9. The molecule has 33 heavy (non-hydrogen) atoms. The summed E-state index contributed by atoms with van der Waals surface area (Å²) in [7, 11) is 1.37. The summed E-state index contributed by atoms with van der Waals surface area (Å²) in [5, 5.41) is 6.99. The van der Waals surface area contributed by atoms with Crippen LogP contribution >= 0.6 is 0 Å². The van der Waals surface area contributed by atoms with E-state index in [1.807, 2.05) is 0 Å². The minimum atomic E-state index is -4.47. The second kappa shape index (κ2) is 7.88. The van der Waals surface area contributed by atoms with E-state index in [1.54, 1.807) is 13.8 Å². The minimum Gasteiger partial charge on any atom is -0.345 e.